The summed E-state index contributed by atoms with van der Waals surface area (Å²) in [5.74, 6) is 2.72. The van der Waals surface area contributed by atoms with Gasteiger partial charge in [-0.05, 0) is 89.6 Å². The Kier molecular flexibility index (Phi) is 8.02. The average molecular weight is 594 g/mol. The Labute approximate surface area is 237 Å². The van der Waals surface area contributed by atoms with Crippen molar-refractivity contribution >= 4 is 33.1 Å². The van der Waals surface area contributed by atoms with Crippen LogP contribution in [0.3, 0.4) is 0 Å². The van der Waals surface area contributed by atoms with Crippen molar-refractivity contribution in [3.63, 3.8) is 0 Å². The van der Waals surface area contributed by atoms with Crippen molar-refractivity contribution in [3.05, 3.63) is 81.5 Å². The van der Waals surface area contributed by atoms with Gasteiger partial charge in [-0.15, -0.1) is 0 Å². The third-order valence-electron chi connectivity index (χ3n) is 7.14. The third kappa shape index (κ3) is 5.30. The van der Waals surface area contributed by atoms with Crippen LogP contribution in [0.2, 0.25) is 0 Å². The molecule has 2 N–H and O–H groups in total. The van der Waals surface area contributed by atoms with Gasteiger partial charge in [0, 0.05) is 17.7 Å². The minimum Gasteiger partial charge on any atom is -0.493 e. The number of hydrogen-bond acceptors (Lipinski definition) is 7. The van der Waals surface area contributed by atoms with Gasteiger partial charge >= 0.3 is 0 Å². The van der Waals surface area contributed by atoms with Crippen LogP contribution < -0.4 is 29.6 Å². The predicted molar refractivity (Wildman–Crippen MR) is 156 cm³/mol. The number of Topliss-reactive ketones (excluding diaryl/α,β-unsaturated/α-hetero) is 1. The van der Waals surface area contributed by atoms with E-state index >= 15 is 0 Å². The van der Waals surface area contributed by atoms with Crippen LogP contribution in [0.15, 0.2) is 70.3 Å². The molecule has 0 amide bonds. The van der Waals surface area contributed by atoms with E-state index < -0.39 is 0 Å². The predicted octanol–water partition coefficient (Wildman–Crippen LogP) is 7.24. The summed E-state index contributed by atoms with van der Waals surface area (Å²) < 4.78 is 23.6. The Morgan fingerprint density at radius 2 is 1.56 bits per heavy atom. The molecule has 3 aromatic carbocycles. The first-order valence-corrected chi connectivity index (χ1v) is 14.0. The maximum absolute atomic E-state index is 14.0. The number of halogens is 1. The van der Waals surface area contributed by atoms with Gasteiger partial charge in [-0.1, -0.05) is 18.2 Å². The Bertz CT molecular complexity index is 1420. The van der Waals surface area contributed by atoms with Gasteiger partial charge in [0.2, 0.25) is 0 Å². The SMILES string of the molecule is CCOc1ccc(C2CC(=O)C3=C(C2)Nc2ccccc2NC3c2cc(Br)c(OCC)c(OC)c2)cc1OC. The van der Waals surface area contributed by atoms with Crippen LogP contribution in [0, 0.1) is 0 Å². The molecular weight excluding hydrogens is 560 g/mol. The van der Waals surface area contributed by atoms with Gasteiger partial charge < -0.3 is 29.6 Å². The van der Waals surface area contributed by atoms with Gasteiger partial charge in [-0.3, -0.25) is 4.79 Å². The van der Waals surface area contributed by atoms with Crippen molar-refractivity contribution in [1.82, 2.24) is 0 Å². The lowest BCUT2D eigenvalue weighted by atomic mass is 9.78. The molecule has 1 aliphatic heterocycles. The molecule has 0 saturated carbocycles. The highest BCUT2D eigenvalue weighted by Gasteiger charge is 2.37. The molecule has 204 valence electrons. The van der Waals surface area contributed by atoms with Gasteiger partial charge in [-0.25, -0.2) is 0 Å². The zero-order chi connectivity index (χ0) is 27.5. The van der Waals surface area contributed by atoms with Crippen molar-refractivity contribution in [2.45, 2.75) is 38.6 Å². The molecule has 1 heterocycles. The van der Waals surface area contributed by atoms with E-state index in [4.69, 9.17) is 18.9 Å². The van der Waals surface area contributed by atoms with E-state index in [1.165, 1.54) is 0 Å². The summed E-state index contributed by atoms with van der Waals surface area (Å²) in [6.45, 7) is 4.94. The van der Waals surface area contributed by atoms with Crippen molar-refractivity contribution in [2.24, 2.45) is 0 Å². The van der Waals surface area contributed by atoms with Crippen LogP contribution in [0.4, 0.5) is 11.4 Å². The van der Waals surface area contributed by atoms with E-state index in [-0.39, 0.29) is 17.7 Å². The van der Waals surface area contributed by atoms with E-state index in [9.17, 15) is 4.79 Å². The second-order valence-corrected chi connectivity index (χ2v) is 10.3. The minimum atomic E-state index is -0.375. The van der Waals surface area contributed by atoms with Gasteiger partial charge in [0.25, 0.3) is 0 Å². The maximum atomic E-state index is 14.0. The Hall–Kier alpha value is -3.65. The molecule has 0 aromatic heterocycles. The number of hydrogen-bond donors (Lipinski definition) is 2. The summed E-state index contributed by atoms with van der Waals surface area (Å²) in [5.41, 5.74) is 5.45. The molecule has 0 saturated heterocycles. The zero-order valence-electron chi connectivity index (χ0n) is 22.6. The fraction of sp³-hybridized carbons (Fsp3) is 0.323. The van der Waals surface area contributed by atoms with Crippen molar-refractivity contribution in [2.75, 3.05) is 38.1 Å². The molecule has 2 aliphatic rings. The van der Waals surface area contributed by atoms with Gasteiger partial charge in [-0.2, -0.15) is 0 Å². The fourth-order valence-corrected chi connectivity index (χ4v) is 5.96. The molecule has 0 radical (unpaired) electrons. The summed E-state index contributed by atoms with van der Waals surface area (Å²) in [4.78, 5) is 14.0. The summed E-state index contributed by atoms with van der Waals surface area (Å²) in [6.07, 6.45) is 1.07. The monoisotopic (exact) mass is 592 g/mol. The number of carbonyl (C=O) groups is 1. The van der Waals surface area contributed by atoms with Crippen molar-refractivity contribution < 1.29 is 23.7 Å². The Morgan fingerprint density at radius 1 is 0.846 bits per heavy atom. The summed E-state index contributed by atoms with van der Waals surface area (Å²) in [5, 5.41) is 7.23. The molecule has 8 heteroatoms. The molecule has 2 unspecified atom stereocenters. The molecule has 0 fully saturated rings. The highest BCUT2D eigenvalue weighted by molar-refractivity contribution is 9.10. The number of ether oxygens (including phenoxy) is 4. The standard InChI is InChI=1S/C31H33BrN2O5/c1-5-38-26-12-11-18(16-27(26)36-3)19-14-24-29(25(35)15-19)30(34-23-10-8-7-9-22(23)33-24)20-13-21(32)31(39-6-2)28(17-20)37-4/h7-13,16-17,19,30,33-34H,5-6,14-15H2,1-4H3. The number of anilines is 2. The van der Waals surface area contributed by atoms with Crippen LogP contribution in [0.1, 0.15) is 49.8 Å². The van der Waals surface area contributed by atoms with E-state index in [0.29, 0.717) is 49.1 Å². The van der Waals surface area contributed by atoms with Crippen LogP contribution in [-0.4, -0.2) is 33.2 Å². The number of para-hydroxylation sites is 2. The molecular formula is C31H33BrN2O5. The van der Waals surface area contributed by atoms with Gasteiger partial charge in [0.1, 0.15) is 0 Å². The molecule has 1 aliphatic carbocycles. The number of nitrogens with one attached hydrogen (secondary N) is 2. The molecule has 2 atom stereocenters. The number of methoxy groups -OCH3 is 2. The van der Waals surface area contributed by atoms with Crippen LogP contribution in [-0.2, 0) is 4.79 Å². The minimum absolute atomic E-state index is 0.000779. The van der Waals surface area contributed by atoms with E-state index in [1.54, 1.807) is 14.2 Å². The smallest absolute Gasteiger partial charge is 0.175 e. The summed E-state index contributed by atoms with van der Waals surface area (Å²) >= 11 is 3.66. The lowest BCUT2D eigenvalue weighted by molar-refractivity contribution is -0.116. The molecule has 0 bridgehead atoms. The van der Waals surface area contributed by atoms with E-state index in [2.05, 4.69) is 26.6 Å². The third-order valence-corrected chi connectivity index (χ3v) is 7.73. The largest absolute Gasteiger partial charge is 0.493 e. The first-order valence-electron chi connectivity index (χ1n) is 13.2. The normalized spacial score (nSPS) is 18.2. The first-order chi connectivity index (χ1) is 19.0. The van der Waals surface area contributed by atoms with Crippen LogP contribution in [0.25, 0.3) is 0 Å². The van der Waals surface area contributed by atoms with Gasteiger partial charge in [0.05, 0.1) is 49.3 Å². The number of fused-ring (bicyclic) bond motifs is 1. The Balaban J connectivity index is 1.59. The first kappa shape index (κ1) is 26.9. The fourth-order valence-electron chi connectivity index (χ4n) is 5.38. The number of carbonyl (C=O) groups excluding carboxylic acids is 1. The molecule has 39 heavy (non-hydrogen) atoms. The van der Waals surface area contributed by atoms with Crippen molar-refractivity contribution in [1.29, 1.82) is 0 Å². The lowest BCUT2D eigenvalue weighted by Gasteiger charge is -2.30. The molecule has 0 spiro atoms. The lowest BCUT2D eigenvalue weighted by Crippen LogP contribution is -2.27. The zero-order valence-corrected chi connectivity index (χ0v) is 24.2. The number of rotatable bonds is 8. The number of allylic oxidation sites excluding steroid dienone is 1. The number of benzene rings is 3. The van der Waals surface area contributed by atoms with E-state index in [1.807, 2.05) is 68.4 Å². The molecule has 5 rings (SSSR count). The molecule has 3 aromatic rings. The average Bonchev–Trinajstić information content (AvgIpc) is 3.11. The summed E-state index contributed by atoms with van der Waals surface area (Å²) in [6, 6.07) is 17.5. The topological polar surface area (TPSA) is 78.1 Å². The second-order valence-electron chi connectivity index (χ2n) is 9.48. The maximum Gasteiger partial charge on any atom is 0.175 e. The number of ketones is 1. The van der Waals surface area contributed by atoms with E-state index in [0.717, 1.165) is 38.2 Å². The van der Waals surface area contributed by atoms with Crippen LogP contribution >= 0.6 is 15.9 Å². The highest BCUT2D eigenvalue weighted by Crippen LogP contribution is 2.47. The highest BCUT2D eigenvalue weighted by atomic mass is 79.9. The quantitative estimate of drug-likeness (QED) is 0.285. The Morgan fingerprint density at radius 3 is 2.28 bits per heavy atom. The second kappa shape index (κ2) is 11.6. The summed E-state index contributed by atoms with van der Waals surface area (Å²) in [7, 11) is 3.26. The van der Waals surface area contributed by atoms with Crippen LogP contribution in [0.5, 0.6) is 23.0 Å². The molecule has 7 nitrogen and oxygen atoms in total. The van der Waals surface area contributed by atoms with Gasteiger partial charge in [0.15, 0.2) is 28.8 Å². The van der Waals surface area contributed by atoms with Crippen molar-refractivity contribution in [3.8, 4) is 23.0 Å².